The number of sulfonamides is 2. The first-order valence-electron chi connectivity index (χ1n) is 10.0. The molecule has 2 aliphatic rings. The van der Waals surface area contributed by atoms with Crippen LogP contribution in [0.3, 0.4) is 0 Å². The fourth-order valence-corrected chi connectivity index (χ4v) is 6.97. The van der Waals surface area contributed by atoms with Gasteiger partial charge in [-0.3, -0.25) is 0 Å². The zero-order chi connectivity index (χ0) is 23.2. The first-order chi connectivity index (χ1) is 15.7. The molecule has 33 heavy (non-hydrogen) atoms. The zero-order valence-corrected chi connectivity index (χ0v) is 18.8. The van der Waals surface area contributed by atoms with E-state index in [4.69, 9.17) is 5.14 Å². The van der Waals surface area contributed by atoms with E-state index in [-0.39, 0.29) is 17.4 Å². The third-order valence-electron chi connectivity index (χ3n) is 5.58. The molecule has 0 amide bonds. The van der Waals surface area contributed by atoms with Crippen molar-refractivity contribution in [2.75, 3.05) is 24.5 Å². The summed E-state index contributed by atoms with van der Waals surface area (Å²) in [5.41, 5.74) is 0.336. The highest BCUT2D eigenvalue weighted by Gasteiger charge is 2.35. The molecule has 0 radical (unpaired) electrons. The van der Waals surface area contributed by atoms with Crippen LogP contribution in [0.4, 0.5) is 5.69 Å². The van der Waals surface area contributed by atoms with Gasteiger partial charge in [0.05, 0.1) is 18.7 Å². The normalized spacial score (nSPS) is 19.1. The molecule has 5 N–H and O–H groups in total. The third-order valence-corrected chi connectivity index (χ3v) is 8.26. The number of nitrogens with two attached hydrogens (primary N) is 1. The van der Waals surface area contributed by atoms with Crippen molar-refractivity contribution in [2.45, 2.75) is 35.3 Å². The van der Waals surface area contributed by atoms with Crippen molar-refractivity contribution in [3.8, 4) is 11.4 Å². The molecule has 2 aromatic heterocycles. The monoisotopic (exact) mass is 495 g/mol. The molecule has 0 aliphatic carbocycles. The van der Waals surface area contributed by atoms with E-state index in [1.54, 1.807) is 4.68 Å². The van der Waals surface area contributed by atoms with E-state index >= 15 is 0 Å². The number of anilines is 1. The average Bonchev–Trinajstić information content (AvgIpc) is 3.53. The summed E-state index contributed by atoms with van der Waals surface area (Å²) in [7, 11) is -8.77. The van der Waals surface area contributed by atoms with Gasteiger partial charge in [-0.25, -0.2) is 36.4 Å². The minimum atomic E-state index is -4.53. The molecule has 5 rings (SSSR count). The summed E-state index contributed by atoms with van der Waals surface area (Å²) in [6.07, 6.45) is 2.02. The van der Waals surface area contributed by atoms with Crippen molar-refractivity contribution in [2.24, 2.45) is 5.14 Å². The average molecular weight is 496 g/mol. The van der Waals surface area contributed by atoms with Crippen LogP contribution in [0.15, 0.2) is 28.3 Å². The van der Waals surface area contributed by atoms with E-state index in [2.05, 4.69) is 40.7 Å². The highest BCUT2D eigenvalue weighted by molar-refractivity contribution is 7.92. The van der Waals surface area contributed by atoms with Crippen LogP contribution in [-0.2, 0) is 33.1 Å². The summed E-state index contributed by atoms with van der Waals surface area (Å²) in [6, 6.07) is 2.39. The van der Waals surface area contributed by atoms with Crippen molar-refractivity contribution in [3.63, 3.8) is 0 Å². The summed E-state index contributed by atoms with van der Waals surface area (Å²) >= 11 is 0. The Labute approximate surface area is 188 Å². The lowest BCUT2D eigenvalue weighted by Gasteiger charge is -2.31. The first-order valence-corrected chi connectivity index (χ1v) is 13.1. The molecule has 17 heteroatoms. The van der Waals surface area contributed by atoms with Gasteiger partial charge < -0.3 is 10.2 Å². The Morgan fingerprint density at radius 1 is 1.18 bits per heavy atom. The van der Waals surface area contributed by atoms with E-state index in [0.717, 1.165) is 0 Å². The first kappa shape index (κ1) is 21.8. The van der Waals surface area contributed by atoms with Crippen molar-refractivity contribution < 1.29 is 16.8 Å². The molecule has 1 fully saturated rings. The summed E-state index contributed by atoms with van der Waals surface area (Å²) in [5.74, 6) is 0.574. The minimum absolute atomic E-state index is 0.0494. The van der Waals surface area contributed by atoms with Crippen molar-refractivity contribution in [3.05, 3.63) is 24.3 Å². The molecular weight excluding hydrogens is 474 g/mol. The molecule has 1 saturated heterocycles. The number of nitrogens with zero attached hydrogens (tertiary/aromatic N) is 7. The van der Waals surface area contributed by atoms with E-state index in [1.807, 2.05) is 4.90 Å². The lowest BCUT2D eigenvalue weighted by Crippen LogP contribution is -2.38. The second kappa shape index (κ2) is 8.10. The molecule has 1 aromatic carbocycles. The van der Waals surface area contributed by atoms with Crippen LogP contribution in [0.5, 0.6) is 0 Å². The molecule has 0 saturated carbocycles. The molecule has 0 spiro atoms. The Balaban J connectivity index is 1.69. The molecule has 0 unspecified atom stereocenters. The molecular formula is C16H21N11O4S2. The van der Waals surface area contributed by atoms with Gasteiger partial charge in [-0.1, -0.05) is 0 Å². The van der Waals surface area contributed by atoms with Gasteiger partial charge in [0.25, 0.3) is 0 Å². The Morgan fingerprint density at radius 2 is 2.03 bits per heavy atom. The quantitative estimate of drug-likeness (QED) is 0.287. The molecule has 4 heterocycles. The van der Waals surface area contributed by atoms with Gasteiger partial charge in [0.1, 0.15) is 21.9 Å². The number of hydrogen-bond donors (Lipinski definition) is 4. The van der Waals surface area contributed by atoms with Gasteiger partial charge in [-0.2, -0.15) is 10.3 Å². The van der Waals surface area contributed by atoms with Crippen LogP contribution >= 0.6 is 0 Å². The Bertz CT molecular complexity index is 1380. The maximum absolute atomic E-state index is 13.2. The standard InChI is InChI=1S/C16H21N11O4S2/c17-32(28,29)15-12(33(30,31)23-10-3-4-18-7-10)2-1-11(14(15)16-21-24-25-22-16)26-5-6-27-13(8-26)19-9-20-27/h1-2,9-10,18,23H,3-8H2,(H2,17,28,29)(H,21,22,24,25)/t10-/m1/s1. The van der Waals surface area contributed by atoms with Gasteiger partial charge >= 0.3 is 0 Å². The van der Waals surface area contributed by atoms with Gasteiger partial charge in [0, 0.05) is 24.8 Å². The lowest BCUT2D eigenvalue weighted by atomic mass is 10.1. The molecule has 1 atom stereocenters. The number of primary sulfonamides is 1. The topological polar surface area (TPSA) is 207 Å². The minimum Gasteiger partial charge on any atom is -0.362 e. The highest BCUT2D eigenvalue weighted by atomic mass is 32.2. The molecule has 0 bridgehead atoms. The van der Waals surface area contributed by atoms with E-state index in [9.17, 15) is 16.8 Å². The summed E-state index contributed by atoms with van der Waals surface area (Å²) in [4.78, 5) is 5.00. The van der Waals surface area contributed by atoms with E-state index < -0.39 is 29.8 Å². The maximum Gasteiger partial charge on any atom is 0.242 e. The van der Waals surface area contributed by atoms with Crippen LogP contribution in [0, 0.1) is 0 Å². The van der Waals surface area contributed by atoms with Crippen molar-refractivity contribution >= 4 is 25.7 Å². The van der Waals surface area contributed by atoms with Crippen LogP contribution in [0.1, 0.15) is 12.2 Å². The number of H-pyrrole nitrogens is 1. The Hall–Kier alpha value is -2.99. The smallest absolute Gasteiger partial charge is 0.242 e. The fraction of sp³-hybridized carbons (Fsp3) is 0.438. The van der Waals surface area contributed by atoms with Crippen molar-refractivity contribution in [1.82, 2.24) is 45.4 Å². The number of tetrazole rings is 1. The van der Waals surface area contributed by atoms with Crippen molar-refractivity contribution in [1.29, 1.82) is 0 Å². The van der Waals surface area contributed by atoms with Gasteiger partial charge in [-0.05, 0) is 30.3 Å². The zero-order valence-electron chi connectivity index (χ0n) is 17.2. The Morgan fingerprint density at radius 3 is 2.73 bits per heavy atom. The number of rotatable bonds is 6. The fourth-order valence-electron chi connectivity index (χ4n) is 4.10. The number of nitrogens with one attached hydrogen (secondary N) is 3. The second-order valence-corrected chi connectivity index (χ2v) is 10.9. The second-order valence-electron chi connectivity index (χ2n) is 7.70. The highest BCUT2D eigenvalue weighted by Crippen LogP contribution is 2.39. The number of aromatic amines is 1. The SMILES string of the molecule is NS(=O)(=O)c1c(S(=O)(=O)N[C@@H]2CCNC2)ccc(N2CCn3ncnc3C2)c1-c1nn[nH]n1. The van der Waals surface area contributed by atoms with Crippen LogP contribution in [0.25, 0.3) is 11.4 Å². The lowest BCUT2D eigenvalue weighted by molar-refractivity contribution is 0.512. The molecule has 15 nitrogen and oxygen atoms in total. The summed E-state index contributed by atoms with van der Waals surface area (Å²) in [6.45, 7) is 2.37. The van der Waals surface area contributed by atoms with Crippen LogP contribution in [0.2, 0.25) is 0 Å². The third kappa shape index (κ3) is 4.08. The molecule has 3 aromatic rings. The number of aromatic nitrogens is 7. The van der Waals surface area contributed by atoms with Gasteiger partial charge in [0.2, 0.25) is 25.9 Å². The Kier molecular flexibility index (Phi) is 5.36. The predicted octanol–water partition coefficient (Wildman–Crippen LogP) is -2.23. The van der Waals surface area contributed by atoms with E-state index in [1.165, 1.54) is 18.5 Å². The van der Waals surface area contributed by atoms with Crippen LogP contribution in [-0.4, -0.2) is 77.9 Å². The summed E-state index contributed by atoms with van der Waals surface area (Å²) in [5, 5.41) is 26.4. The van der Waals surface area contributed by atoms with Crippen LogP contribution < -0.4 is 20.1 Å². The predicted molar refractivity (Wildman–Crippen MR) is 114 cm³/mol. The molecule has 2 aliphatic heterocycles. The van der Waals surface area contributed by atoms with Gasteiger partial charge in [0.15, 0.2) is 0 Å². The molecule has 176 valence electrons. The largest absolute Gasteiger partial charge is 0.362 e. The summed E-state index contributed by atoms with van der Waals surface area (Å²) < 4.78 is 56.3. The number of hydrogen-bond acceptors (Lipinski definition) is 11. The maximum atomic E-state index is 13.2. The number of fused-ring (bicyclic) bond motifs is 1. The number of benzene rings is 1. The van der Waals surface area contributed by atoms with E-state index in [0.29, 0.717) is 50.7 Å². The van der Waals surface area contributed by atoms with Gasteiger partial charge in [-0.15, -0.1) is 10.2 Å².